The van der Waals surface area contributed by atoms with E-state index in [1.54, 1.807) is 32.9 Å². The molecule has 0 spiro atoms. The van der Waals surface area contributed by atoms with E-state index in [1.807, 2.05) is 0 Å². The monoisotopic (exact) mass is 722 g/mol. The van der Waals surface area contributed by atoms with Crippen molar-refractivity contribution < 1.29 is 58.1 Å². The topological polar surface area (TPSA) is 159 Å². The Morgan fingerprint density at radius 1 is 1.04 bits per heavy atom. The second-order valence-electron chi connectivity index (χ2n) is 15.2. The van der Waals surface area contributed by atoms with Crippen LogP contribution in [0.25, 0.3) is 0 Å². The van der Waals surface area contributed by atoms with Gasteiger partial charge in [-0.05, 0) is 64.0 Å². The smallest absolute Gasteiger partial charge is 0.337 e. The molecule has 6 bridgehead atoms. The Bertz CT molecular complexity index is 1210. The number of methoxy groups -OCH3 is 1. The predicted molar refractivity (Wildman–Crippen MR) is 188 cm³/mol. The van der Waals surface area contributed by atoms with E-state index in [-0.39, 0.29) is 48.9 Å². The van der Waals surface area contributed by atoms with Gasteiger partial charge in [-0.2, -0.15) is 0 Å². The van der Waals surface area contributed by atoms with Crippen molar-refractivity contribution >= 4 is 11.9 Å². The molecule has 2 fully saturated rings. The first-order valence-corrected chi connectivity index (χ1v) is 19.0. The van der Waals surface area contributed by atoms with Crippen LogP contribution in [-0.2, 0) is 42.7 Å². The van der Waals surface area contributed by atoms with E-state index in [0.717, 1.165) is 44.9 Å². The summed E-state index contributed by atoms with van der Waals surface area (Å²) in [4.78, 5) is 26.6. The summed E-state index contributed by atoms with van der Waals surface area (Å²) < 4.78 is 42.2. The summed E-state index contributed by atoms with van der Waals surface area (Å²) >= 11 is 0. The predicted octanol–water partition coefficient (Wildman–Crippen LogP) is 5.31. The lowest BCUT2D eigenvalue weighted by molar-refractivity contribution is -0.315. The summed E-state index contributed by atoms with van der Waals surface area (Å²) in [5.74, 6) is -3.40. The average molecular weight is 723 g/mol. The second kappa shape index (κ2) is 19.1. The van der Waals surface area contributed by atoms with Crippen LogP contribution in [0, 0.1) is 5.41 Å². The highest BCUT2D eigenvalue weighted by molar-refractivity contribution is 5.90. The van der Waals surface area contributed by atoms with Crippen molar-refractivity contribution in [2.75, 3.05) is 13.7 Å². The van der Waals surface area contributed by atoms with Gasteiger partial charge in [-0.25, -0.2) is 4.79 Å². The zero-order valence-corrected chi connectivity index (χ0v) is 31.3. The van der Waals surface area contributed by atoms with Crippen molar-refractivity contribution in [3.05, 3.63) is 36.1 Å². The maximum Gasteiger partial charge on any atom is 0.337 e. The van der Waals surface area contributed by atoms with Gasteiger partial charge < -0.3 is 48.5 Å². The molecule has 290 valence electrons. The van der Waals surface area contributed by atoms with Gasteiger partial charge in [0.15, 0.2) is 12.4 Å². The van der Waals surface area contributed by atoms with E-state index in [0.29, 0.717) is 32.3 Å². The van der Waals surface area contributed by atoms with Gasteiger partial charge in [-0.15, -0.1) is 0 Å². The van der Waals surface area contributed by atoms with Crippen molar-refractivity contribution in [3.63, 3.8) is 0 Å². The third-order valence-corrected chi connectivity index (χ3v) is 10.4. The van der Waals surface area contributed by atoms with E-state index >= 15 is 0 Å². The van der Waals surface area contributed by atoms with Crippen LogP contribution in [0.1, 0.15) is 118 Å². The number of aliphatic hydroxyl groups is 3. The van der Waals surface area contributed by atoms with Crippen molar-refractivity contribution in [3.8, 4) is 0 Å². The molecule has 4 aliphatic rings. The number of carbonyl (C=O) groups excluding carboxylic acids is 2. The first-order chi connectivity index (χ1) is 24.2. The van der Waals surface area contributed by atoms with Gasteiger partial charge in [-0.3, -0.25) is 4.79 Å². The van der Waals surface area contributed by atoms with E-state index in [4.69, 9.17) is 33.2 Å². The molecule has 0 amide bonds. The Morgan fingerprint density at radius 3 is 2.45 bits per heavy atom. The fraction of sp³-hybridized carbons (Fsp3) is 0.795. The Balaban J connectivity index is 1.70. The van der Waals surface area contributed by atoms with Gasteiger partial charge in [-0.1, -0.05) is 59.1 Å². The van der Waals surface area contributed by atoms with Crippen LogP contribution in [0.5, 0.6) is 0 Å². The molecule has 2 saturated heterocycles. The van der Waals surface area contributed by atoms with Crippen LogP contribution in [-0.4, -0.2) is 102 Å². The number of unbranched alkanes of at least 4 members (excludes halogenated alkanes) is 4. The Hall–Kier alpha value is -2.32. The largest absolute Gasteiger partial charge is 0.492 e. The highest BCUT2D eigenvalue weighted by Gasteiger charge is 2.58. The summed E-state index contributed by atoms with van der Waals surface area (Å²) in [6.45, 7) is 11.6. The molecule has 0 saturated carbocycles. The summed E-state index contributed by atoms with van der Waals surface area (Å²) in [5.41, 5.74) is -1.39. The van der Waals surface area contributed by atoms with E-state index in [1.165, 1.54) is 13.2 Å². The molecule has 0 aliphatic carbocycles. The SMILES string of the molecule is C=C1C[C@H](O)C[C@@H]2CCC[C@H](C[C@@H]3CCO[C@H](/C=C/C(C)(C)C4(O)OC(C=C(C(=O)OC)[C@@H]4OC(=O)CCCCCCC)C[C@H]([C@@H](C)O)O1)O3)O2. The van der Waals surface area contributed by atoms with Crippen molar-refractivity contribution in [2.45, 2.75) is 178 Å². The molecule has 12 heteroatoms. The molecule has 0 aromatic heterocycles. The molecule has 10 atom stereocenters. The lowest BCUT2D eigenvalue weighted by atomic mass is 9.75. The Morgan fingerprint density at radius 2 is 1.75 bits per heavy atom. The molecular formula is C39H62O12. The molecule has 4 rings (SSSR count). The minimum Gasteiger partial charge on any atom is -0.492 e. The molecule has 0 aromatic carbocycles. The van der Waals surface area contributed by atoms with Gasteiger partial charge in [0.1, 0.15) is 6.10 Å². The fourth-order valence-corrected chi connectivity index (χ4v) is 7.36. The van der Waals surface area contributed by atoms with Crippen LogP contribution in [0.4, 0.5) is 0 Å². The molecule has 0 radical (unpaired) electrons. The second-order valence-corrected chi connectivity index (χ2v) is 15.2. The first-order valence-electron chi connectivity index (χ1n) is 19.0. The zero-order valence-electron chi connectivity index (χ0n) is 31.3. The van der Waals surface area contributed by atoms with Crippen LogP contribution >= 0.6 is 0 Å². The molecule has 51 heavy (non-hydrogen) atoms. The zero-order chi connectivity index (χ0) is 37.2. The normalized spacial score (nSPS) is 36.1. The molecule has 4 aliphatic heterocycles. The van der Waals surface area contributed by atoms with Crippen LogP contribution < -0.4 is 0 Å². The quantitative estimate of drug-likeness (QED) is 0.160. The fourth-order valence-electron chi connectivity index (χ4n) is 7.36. The molecule has 0 aromatic rings. The number of rotatable bonds is 9. The number of hydrogen-bond donors (Lipinski definition) is 3. The van der Waals surface area contributed by atoms with E-state index in [9.17, 15) is 24.9 Å². The lowest BCUT2D eigenvalue weighted by Crippen LogP contribution is -2.62. The van der Waals surface area contributed by atoms with Gasteiger partial charge in [0.25, 0.3) is 0 Å². The van der Waals surface area contributed by atoms with Crippen molar-refractivity contribution in [2.24, 2.45) is 5.41 Å². The number of ether oxygens (including phenoxy) is 7. The number of esters is 2. The number of aliphatic hydroxyl groups excluding tert-OH is 2. The summed E-state index contributed by atoms with van der Waals surface area (Å²) in [6.07, 6.45) is 7.94. The Labute approximate surface area is 303 Å². The van der Waals surface area contributed by atoms with E-state index in [2.05, 4.69) is 13.5 Å². The molecule has 3 N–H and O–H groups in total. The number of fused-ring (bicyclic) bond motifs is 6. The van der Waals surface area contributed by atoms with Crippen molar-refractivity contribution in [1.29, 1.82) is 0 Å². The number of hydrogen-bond acceptors (Lipinski definition) is 12. The third-order valence-electron chi connectivity index (χ3n) is 10.4. The van der Waals surface area contributed by atoms with Gasteiger partial charge in [0.05, 0.1) is 61.7 Å². The maximum absolute atomic E-state index is 13.4. The van der Waals surface area contributed by atoms with Gasteiger partial charge >= 0.3 is 11.9 Å². The van der Waals surface area contributed by atoms with Gasteiger partial charge in [0.2, 0.25) is 5.79 Å². The lowest BCUT2D eigenvalue weighted by Gasteiger charge is -2.49. The standard InChI is InChI=1S/C39H62O12/c1-7-8-9-10-11-15-34(42)50-36-32(37(43)45-6)23-31-24-33(26(3)40)47-25(2)20-27(41)21-28-13-12-14-29(48-28)22-30-17-19-46-35(49-30)16-18-38(4,5)39(36,44)51-31/h16,18,23,26-31,33,35-36,40-41,44H,2,7-15,17,19-22,24H2,1,3-6H3/b18-16+/t26-,27+,28+,29-,30+,31?,33-,35+,36+,39?/m1/s1. The average Bonchev–Trinajstić information content (AvgIpc) is 3.07. The maximum atomic E-state index is 13.4. The van der Waals surface area contributed by atoms with E-state index < -0.39 is 60.0 Å². The van der Waals surface area contributed by atoms with Gasteiger partial charge in [0, 0.05) is 24.7 Å². The highest BCUT2D eigenvalue weighted by atomic mass is 16.7. The molecule has 12 nitrogen and oxygen atoms in total. The first kappa shape index (κ1) is 41.4. The third kappa shape index (κ3) is 11.6. The van der Waals surface area contributed by atoms with Crippen molar-refractivity contribution in [1.82, 2.24) is 0 Å². The molecule has 4 heterocycles. The molecular weight excluding hydrogens is 660 g/mol. The summed E-state index contributed by atoms with van der Waals surface area (Å²) in [5, 5.41) is 34.4. The Kier molecular flexibility index (Phi) is 15.5. The van der Waals surface area contributed by atoms with Crippen LogP contribution in [0.3, 0.4) is 0 Å². The minimum absolute atomic E-state index is 0.0164. The number of carbonyl (C=O) groups is 2. The minimum atomic E-state index is -2.29. The van der Waals surface area contributed by atoms with Crippen LogP contribution in [0.15, 0.2) is 36.1 Å². The summed E-state index contributed by atoms with van der Waals surface area (Å²) in [7, 11) is 1.21. The summed E-state index contributed by atoms with van der Waals surface area (Å²) in [6, 6.07) is 0. The molecule has 2 unspecified atom stereocenters. The highest BCUT2D eigenvalue weighted by Crippen LogP contribution is 2.45. The van der Waals surface area contributed by atoms with Crippen LogP contribution in [0.2, 0.25) is 0 Å².